The zero-order valence-corrected chi connectivity index (χ0v) is 11.6. The Balaban J connectivity index is 2.09. The molecule has 3 aromatic rings. The SMILES string of the molecule is CC(C(=O)O)C(C)n1nnnc1-c1cnn2ccccc12. The molecule has 0 bridgehead atoms. The van der Waals surface area contributed by atoms with Crippen LogP contribution < -0.4 is 0 Å². The van der Waals surface area contributed by atoms with Gasteiger partial charge in [-0.05, 0) is 36.4 Å². The zero-order chi connectivity index (χ0) is 15.0. The van der Waals surface area contributed by atoms with E-state index in [1.807, 2.05) is 24.4 Å². The summed E-state index contributed by atoms with van der Waals surface area (Å²) in [6.07, 6.45) is 3.51. The summed E-state index contributed by atoms with van der Waals surface area (Å²) in [7, 11) is 0. The van der Waals surface area contributed by atoms with Gasteiger partial charge < -0.3 is 5.11 Å². The second kappa shape index (κ2) is 4.97. The fourth-order valence-corrected chi connectivity index (χ4v) is 2.17. The maximum absolute atomic E-state index is 11.1. The molecule has 2 atom stereocenters. The van der Waals surface area contributed by atoms with E-state index >= 15 is 0 Å². The molecule has 0 radical (unpaired) electrons. The molecule has 0 saturated carbocycles. The molecule has 1 N–H and O–H groups in total. The minimum atomic E-state index is -0.885. The largest absolute Gasteiger partial charge is 0.481 e. The summed E-state index contributed by atoms with van der Waals surface area (Å²) >= 11 is 0. The van der Waals surface area contributed by atoms with Crippen molar-refractivity contribution in [3.05, 3.63) is 30.6 Å². The van der Waals surface area contributed by atoms with Crippen molar-refractivity contribution in [3.8, 4) is 11.4 Å². The summed E-state index contributed by atoms with van der Waals surface area (Å²) in [6.45, 7) is 3.42. The van der Waals surface area contributed by atoms with E-state index in [1.165, 1.54) is 4.68 Å². The molecule has 8 nitrogen and oxygen atoms in total. The van der Waals surface area contributed by atoms with Crippen LogP contribution in [0.1, 0.15) is 19.9 Å². The topological polar surface area (TPSA) is 98.2 Å². The Bertz CT molecular complexity index is 793. The minimum Gasteiger partial charge on any atom is -0.481 e. The number of aliphatic carboxylic acids is 1. The molecule has 3 heterocycles. The lowest BCUT2D eigenvalue weighted by Crippen LogP contribution is -2.23. The van der Waals surface area contributed by atoms with E-state index in [-0.39, 0.29) is 6.04 Å². The third-order valence-electron chi connectivity index (χ3n) is 3.66. The van der Waals surface area contributed by atoms with E-state index in [1.54, 1.807) is 24.6 Å². The van der Waals surface area contributed by atoms with E-state index in [4.69, 9.17) is 5.11 Å². The fourth-order valence-electron chi connectivity index (χ4n) is 2.17. The maximum atomic E-state index is 11.1. The highest BCUT2D eigenvalue weighted by atomic mass is 16.4. The van der Waals surface area contributed by atoms with Gasteiger partial charge in [0.1, 0.15) is 0 Å². The van der Waals surface area contributed by atoms with Crippen molar-refractivity contribution in [1.29, 1.82) is 0 Å². The van der Waals surface area contributed by atoms with Gasteiger partial charge in [0.05, 0.1) is 29.2 Å². The first kappa shape index (κ1) is 13.2. The van der Waals surface area contributed by atoms with Crippen LogP contribution in [0.5, 0.6) is 0 Å². The van der Waals surface area contributed by atoms with Crippen LogP contribution in [-0.2, 0) is 4.79 Å². The Labute approximate surface area is 120 Å². The summed E-state index contributed by atoms with van der Waals surface area (Å²) in [5, 5.41) is 25.0. The third kappa shape index (κ3) is 2.14. The number of hydrogen-bond donors (Lipinski definition) is 1. The van der Waals surface area contributed by atoms with E-state index < -0.39 is 11.9 Å². The van der Waals surface area contributed by atoms with E-state index in [9.17, 15) is 4.79 Å². The Kier molecular flexibility index (Phi) is 3.13. The van der Waals surface area contributed by atoms with Crippen molar-refractivity contribution in [2.75, 3.05) is 0 Å². The molecule has 108 valence electrons. The van der Waals surface area contributed by atoms with Crippen molar-refractivity contribution >= 4 is 11.5 Å². The number of aromatic nitrogens is 6. The number of fused-ring (bicyclic) bond motifs is 1. The Morgan fingerprint density at radius 3 is 2.90 bits per heavy atom. The molecular weight excluding hydrogens is 272 g/mol. The monoisotopic (exact) mass is 286 g/mol. The minimum absolute atomic E-state index is 0.369. The number of tetrazole rings is 1. The first-order valence-electron chi connectivity index (χ1n) is 6.53. The molecule has 21 heavy (non-hydrogen) atoms. The quantitative estimate of drug-likeness (QED) is 0.775. The molecule has 0 aliphatic heterocycles. The third-order valence-corrected chi connectivity index (χ3v) is 3.66. The Morgan fingerprint density at radius 2 is 2.14 bits per heavy atom. The van der Waals surface area contributed by atoms with Gasteiger partial charge in [-0.3, -0.25) is 4.79 Å². The van der Waals surface area contributed by atoms with Gasteiger partial charge >= 0.3 is 5.97 Å². The fraction of sp³-hybridized carbons (Fsp3) is 0.308. The van der Waals surface area contributed by atoms with Crippen LogP contribution in [-0.4, -0.2) is 40.9 Å². The van der Waals surface area contributed by atoms with Gasteiger partial charge in [0, 0.05) is 6.20 Å². The van der Waals surface area contributed by atoms with E-state index in [0.29, 0.717) is 5.82 Å². The van der Waals surface area contributed by atoms with Gasteiger partial charge in [-0.25, -0.2) is 9.20 Å². The van der Waals surface area contributed by atoms with Crippen LogP contribution >= 0.6 is 0 Å². The number of carboxylic acids is 1. The van der Waals surface area contributed by atoms with Crippen LogP contribution in [0, 0.1) is 5.92 Å². The van der Waals surface area contributed by atoms with Gasteiger partial charge in [-0.2, -0.15) is 5.10 Å². The predicted octanol–water partition coefficient (Wildman–Crippen LogP) is 1.27. The number of hydrogen-bond acceptors (Lipinski definition) is 5. The van der Waals surface area contributed by atoms with E-state index in [0.717, 1.165) is 11.1 Å². The summed E-state index contributed by atoms with van der Waals surface area (Å²) < 4.78 is 3.25. The smallest absolute Gasteiger partial charge is 0.308 e. The van der Waals surface area contributed by atoms with Crippen LogP contribution in [0.15, 0.2) is 30.6 Å². The zero-order valence-electron chi connectivity index (χ0n) is 11.6. The van der Waals surface area contributed by atoms with Crippen molar-refractivity contribution in [1.82, 2.24) is 29.8 Å². The highest BCUT2D eigenvalue weighted by Crippen LogP contribution is 2.26. The average molecular weight is 286 g/mol. The number of pyridine rings is 1. The molecule has 3 rings (SSSR count). The van der Waals surface area contributed by atoms with Crippen molar-refractivity contribution in [2.24, 2.45) is 5.92 Å². The molecule has 0 fully saturated rings. The Hall–Kier alpha value is -2.77. The van der Waals surface area contributed by atoms with Gasteiger partial charge in [0.15, 0.2) is 5.82 Å². The summed E-state index contributed by atoms with van der Waals surface area (Å²) in [6, 6.07) is 5.32. The lowest BCUT2D eigenvalue weighted by Gasteiger charge is -2.16. The summed E-state index contributed by atoms with van der Waals surface area (Å²) in [5.41, 5.74) is 1.63. The normalized spacial score (nSPS) is 14.2. The highest BCUT2D eigenvalue weighted by molar-refractivity contribution is 5.75. The first-order chi connectivity index (χ1) is 10.1. The Morgan fingerprint density at radius 1 is 1.33 bits per heavy atom. The molecule has 8 heteroatoms. The van der Waals surface area contributed by atoms with Crippen molar-refractivity contribution in [2.45, 2.75) is 19.9 Å². The molecular formula is C13H14N6O2. The van der Waals surface area contributed by atoms with E-state index in [2.05, 4.69) is 20.6 Å². The van der Waals surface area contributed by atoms with Gasteiger partial charge in [-0.1, -0.05) is 6.07 Å². The van der Waals surface area contributed by atoms with Crippen LogP contribution in [0.25, 0.3) is 16.9 Å². The van der Waals surface area contributed by atoms with Crippen molar-refractivity contribution in [3.63, 3.8) is 0 Å². The molecule has 0 saturated heterocycles. The highest BCUT2D eigenvalue weighted by Gasteiger charge is 2.26. The molecule has 3 aromatic heterocycles. The second-order valence-corrected chi connectivity index (χ2v) is 4.90. The van der Waals surface area contributed by atoms with Crippen LogP contribution in [0.4, 0.5) is 0 Å². The molecule has 2 unspecified atom stereocenters. The number of carboxylic acid groups (broad SMARTS) is 1. The van der Waals surface area contributed by atoms with Crippen LogP contribution in [0.2, 0.25) is 0 Å². The van der Waals surface area contributed by atoms with Crippen molar-refractivity contribution < 1.29 is 9.90 Å². The summed E-state index contributed by atoms with van der Waals surface area (Å²) in [5.74, 6) is -0.977. The predicted molar refractivity (Wildman–Crippen MR) is 73.5 cm³/mol. The molecule has 0 aliphatic carbocycles. The van der Waals surface area contributed by atoms with Crippen LogP contribution in [0.3, 0.4) is 0 Å². The number of rotatable bonds is 4. The maximum Gasteiger partial charge on any atom is 0.308 e. The van der Waals surface area contributed by atoms with Gasteiger partial charge in [-0.15, -0.1) is 5.10 Å². The summed E-state index contributed by atoms with van der Waals surface area (Å²) in [4.78, 5) is 11.1. The van der Waals surface area contributed by atoms with Gasteiger partial charge in [0.25, 0.3) is 0 Å². The second-order valence-electron chi connectivity index (χ2n) is 4.90. The molecule has 0 aliphatic rings. The molecule has 0 aromatic carbocycles. The first-order valence-corrected chi connectivity index (χ1v) is 6.53. The average Bonchev–Trinajstić information content (AvgIpc) is 3.11. The number of nitrogens with zero attached hydrogens (tertiary/aromatic N) is 6. The molecule has 0 amide bonds. The lowest BCUT2D eigenvalue weighted by atomic mass is 10.0. The lowest BCUT2D eigenvalue weighted by molar-refractivity contribution is -0.142. The van der Waals surface area contributed by atoms with Gasteiger partial charge in [0.2, 0.25) is 0 Å². The molecule has 0 spiro atoms. The standard InChI is InChI=1S/C13H14N6O2/c1-8(13(20)21)9(2)19-12(15-16-17-19)10-7-14-18-6-4-3-5-11(10)18/h3-9H,1-2H3,(H,20,21). The number of carbonyl (C=O) groups is 1.